The van der Waals surface area contributed by atoms with Crippen LogP contribution in [0.1, 0.15) is 26.7 Å². The van der Waals surface area contributed by atoms with Crippen molar-refractivity contribution < 1.29 is 9.53 Å². The molecule has 1 fully saturated rings. The molecule has 0 aliphatic carbocycles. The lowest BCUT2D eigenvalue weighted by Gasteiger charge is -2.33. The van der Waals surface area contributed by atoms with Gasteiger partial charge in [0.15, 0.2) is 0 Å². The molecule has 0 saturated carbocycles. The van der Waals surface area contributed by atoms with Crippen LogP contribution in [0.2, 0.25) is 0 Å². The number of rotatable bonds is 1. The van der Waals surface area contributed by atoms with Crippen LogP contribution < -0.4 is 0 Å². The van der Waals surface area contributed by atoms with Crippen molar-refractivity contribution in [3.8, 4) is 0 Å². The normalized spacial score (nSPS) is 29.7. The summed E-state index contributed by atoms with van der Waals surface area (Å²) in [5.41, 5.74) is 0.0644. The summed E-state index contributed by atoms with van der Waals surface area (Å²) in [5.74, 6) is 0.293. The van der Waals surface area contributed by atoms with Gasteiger partial charge in [0.05, 0.1) is 12.3 Å². The standard InChI is InChI=1S/C8H13ClO2/c1-8(2)3-6(5-9)11-7(10)4-8/h6H,3-5H2,1-2H3. The number of carbonyl (C=O) groups is 1. The van der Waals surface area contributed by atoms with E-state index in [0.29, 0.717) is 12.3 Å². The third-order valence-electron chi connectivity index (χ3n) is 1.87. The largest absolute Gasteiger partial charge is 0.461 e. The van der Waals surface area contributed by atoms with Gasteiger partial charge in [-0.2, -0.15) is 0 Å². The van der Waals surface area contributed by atoms with Gasteiger partial charge in [-0.25, -0.2) is 0 Å². The molecule has 64 valence electrons. The predicted molar refractivity (Wildman–Crippen MR) is 43.6 cm³/mol. The Labute approximate surface area is 71.9 Å². The highest BCUT2D eigenvalue weighted by atomic mass is 35.5. The average Bonchev–Trinajstić information content (AvgIpc) is 1.83. The maximum Gasteiger partial charge on any atom is 0.306 e. The molecule has 0 aromatic heterocycles. The Kier molecular flexibility index (Phi) is 2.43. The Bertz CT molecular complexity index is 165. The Morgan fingerprint density at radius 1 is 1.73 bits per heavy atom. The van der Waals surface area contributed by atoms with E-state index >= 15 is 0 Å². The smallest absolute Gasteiger partial charge is 0.306 e. The van der Waals surface area contributed by atoms with Crippen LogP contribution in [-0.2, 0) is 9.53 Å². The maximum atomic E-state index is 11.0. The number of cyclic esters (lactones) is 1. The van der Waals surface area contributed by atoms with Crippen molar-refractivity contribution in [2.24, 2.45) is 5.41 Å². The summed E-state index contributed by atoms with van der Waals surface area (Å²) in [6, 6.07) is 0. The van der Waals surface area contributed by atoms with E-state index in [1.807, 2.05) is 0 Å². The van der Waals surface area contributed by atoms with Crippen LogP contribution in [0.4, 0.5) is 0 Å². The molecular formula is C8H13ClO2. The first-order chi connectivity index (χ1) is 5.03. The SMILES string of the molecule is CC1(C)CC(=O)OC(CCl)C1. The van der Waals surface area contributed by atoms with Crippen LogP contribution in [0.3, 0.4) is 0 Å². The van der Waals surface area contributed by atoms with Gasteiger partial charge in [-0.1, -0.05) is 13.8 Å². The van der Waals surface area contributed by atoms with Crippen LogP contribution in [0, 0.1) is 5.41 Å². The molecule has 1 heterocycles. The van der Waals surface area contributed by atoms with Crippen molar-refractivity contribution in [1.82, 2.24) is 0 Å². The molecule has 0 aromatic carbocycles. The monoisotopic (exact) mass is 176 g/mol. The van der Waals surface area contributed by atoms with E-state index in [-0.39, 0.29) is 17.5 Å². The Morgan fingerprint density at radius 3 is 2.82 bits per heavy atom. The summed E-state index contributed by atoms with van der Waals surface area (Å²) in [5, 5.41) is 0. The number of hydrogen-bond donors (Lipinski definition) is 0. The zero-order valence-electron chi connectivity index (χ0n) is 6.89. The van der Waals surface area contributed by atoms with E-state index in [9.17, 15) is 4.79 Å². The zero-order valence-corrected chi connectivity index (χ0v) is 7.65. The minimum absolute atomic E-state index is 0.0644. The summed E-state index contributed by atoms with van der Waals surface area (Å²) in [6.07, 6.45) is 1.32. The first kappa shape index (κ1) is 8.85. The molecule has 0 N–H and O–H groups in total. The summed E-state index contributed by atoms with van der Waals surface area (Å²) >= 11 is 5.60. The molecule has 1 rings (SSSR count). The molecule has 1 aliphatic heterocycles. The van der Waals surface area contributed by atoms with Crippen LogP contribution in [0.25, 0.3) is 0 Å². The summed E-state index contributed by atoms with van der Waals surface area (Å²) < 4.78 is 5.00. The quantitative estimate of drug-likeness (QED) is 0.451. The van der Waals surface area contributed by atoms with Gasteiger partial charge in [-0.3, -0.25) is 4.79 Å². The molecule has 0 spiro atoms. The second-order valence-electron chi connectivity index (χ2n) is 3.81. The molecule has 1 atom stereocenters. The molecule has 1 saturated heterocycles. The van der Waals surface area contributed by atoms with Crippen molar-refractivity contribution in [3.63, 3.8) is 0 Å². The number of carbonyl (C=O) groups excluding carboxylic acids is 1. The first-order valence-electron chi connectivity index (χ1n) is 3.79. The van der Waals surface area contributed by atoms with Gasteiger partial charge in [0.1, 0.15) is 6.10 Å². The predicted octanol–water partition coefficient (Wildman–Crippen LogP) is 1.96. The van der Waals surface area contributed by atoms with Crippen LogP contribution in [0.5, 0.6) is 0 Å². The highest BCUT2D eigenvalue weighted by Crippen LogP contribution is 2.33. The number of esters is 1. The highest BCUT2D eigenvalue weighted by Gasteiger charge is 2.33. The van der Waals surface area contributed by atoms with Gasteiger partial charge in [0.25, 0.3) is 0 Å². The molecule has 1 unspecified atom stereocenters. The fourth-order valence-corrected chi connectivity index (χ4v) is 1.61. The van der Waals surface area contributed by atoms with Gasteiger partial charge >= 0.3 is 5.97 Å². The summed E-state index contributed by atoms with van der Waals surface area (Å²) in [4.78, 5) is 11.0. The summed E-state index contributed by atoms with van der Waals surface area (Å²) in [7, 11) is 0. The third-order valence-corrected chi connectivity index (χ3v) is 2.22. The fourth-order valence-electron chi connectivity index (χ4n) is 1.43. The second-order valence-corrected chi connectivity index (χ2v) is 4.12. The van der Waals surface area contributed by atoms with Gasteiger partial charge in [0.2, 0.25) is 0 Å². The number of ether oxygens (including phenoxy) is 1. The second kappa shape index (κ2) is 3.02. The lowest BCUT2D eigenvalue weighted by Crippen LogP contribution is -2.35. The van der Waals surface area contributed by atoms with E-state index in [2.05, 4.69) is 13.8 Å². The molecule has 0 amide bonds. The van der Waals surface area contributed by atoms with Crippen molar-refractivity contribution in [1.29, 1.82) is 0 Å². The molecule has 11 heavy (non-hydrogen) atoms. The lowest BCUT2D eigenvalue weighted by atomic mass is 9.82. The fraction of sp³-hybridized carbons (Fsp3) is 0.875. The number of alkyl halides is 1. The van der Waals surface area contributed by atoms with Crippen LogP contribution >= 0.6 is 11.6 Å². The van der Waals surface area contributed by atoms with Crippen LogP contribution in [0.15, 0.2) is 0 Å². The summed E-state index contributed by atoms with van der Waals surface area (Å²) in [6.45, 7) is 4.12. The first-order valence-corrected chi connectivity index (χ1v) is 4.32. The molecule has 0 radical (unpaired) electrons. The number of halogens is 1. The van der Waals surface area contributed by atoms with Crippen molar-refractivity contribution >= 4 is 17.6 Å². The van der Waals surface area contributed by atoms with Crippen molar-refractivity contribution in [3.05, 3.63) is 0 Å². The molecule has 3 heteroatoms. The van der Waals surface area contributed by atoms with Gasteiger partial charge < -0.3 is 4.74 Å². The van der Waals surface area contributed by atoms with E-state index in [1.165, 1.54) is 0 Å². The van der Waals surface area contributed by atoms with E-state index in [0.717, 1.165) is 6.42 Å². The number of hydrogen-bond acceptors (Lipinski definition) is 2. The minimum atomic E-state index is -0.119. The average molecular weight is 177 g/mol. The van der Waals surface area contributed by atoms with E-state index in [4.69, 9.17) is 16.3 Å². The topological polar surface area (TPSA) is 26.3 Å². The minimum Gasteiger partial charge on any atom is -0.461 e. The van der Waals surface area contributed by atoms with Gasteiger partial charge in [0, 0.05) is 0 Å². The van der Waals surface area contributed by atoms with Crippen molar-refractivity contribution in [2.45, 2.75) is 32.8 Å². The Hall–Kier alpha value is -0.240. The molecule has 0 bridgehead atoms. The molecule has 0 aromatic rings. The zero-order chi connectivity index (χ0) is 8.48. The van der Waals surface area contributed by atoms with Gasteiger partial charge in [-0.05, 0) is 11.8 Å². The lowest BCUT2D eigenvalue weighted by molar-refractivity contribution is -0.158. The van der Waals surface area contributed by atoms with Crippen molar-refractivity contribution in [2.75, 3.05) is 5.88 Å². The Balaban J connectivity index is 2.58. The van der Waals surface area contributed by atoms with E-state index in [1.54, 1.807) is 0 Å². The molecule has 1 aliphatic rings. The molecular weight excluding hydrogens is 164 g/mol. The van der Waals surface area contributed by atoms with Gasteiger partial charge in [-0.15, -0.1) is 11.6 Å². The van der Waals surface area contributed by atoms with Crippen LogP contribution in [-0.4, -0.2) is 18.0 Å². The molecule has 2 nitrogen and oxygen atoms in total. The highest BCUT2D eigenvalue weighted by molar-refractivity contribution is 6.18. The maximum absolute atomic E-state index is 11.0. The van der Waals surface area contributed by atoms with E-state index < -0.39 is 0 Å². The third kappa shape index (κ3) is 2.37. The Morgan fingerprint density at radius 2 is 2.36 bits per heavy atom.